The first-order chi connectivity index (χ1) is 7.59. The standard InChI is InChI=1S/C12H20F2N2O/c1-9(5-16-7-12(13,14)8-16)10(17)15-6-11(2,3)4/h1,5-8H2,2-4H3,(H,15,17). The van der Waals surface area contributed by atoms with Gasteiger partial charge < -0.3 is 5.32 Å². The zero-order chi connectivity index (χ0) is 13.3. The van der Waals surface area contributed by atoms with Crippen LogP contribution in [0.4, 0.5) is 8.78 Å². The van der Waals surface area contributed by atoms with Crippen molar-refractivity contribution in [1.82, 2.24) is 10.2 Å². The molecule has 1 saturated heterocycles. The van der Waals surface area contributed by atoms with E-state index < -0.39 is 5.92 Å². The van der Waals surface area contributed by atoms with Gasteiger partial charge >= 0.3 is 0 Å². The van der Waals surface area contributed by atoms with Gasteiger partial charge in [-0.15, -0.1) is 0 Å². The molecule has 1 aliphatic heterocycles. The van der Waals surface area contributed by atoms with Gasteiger partial charge in [-0.05, 0) is 5.41 Å². The number of alkyl halides is 2. The van der Waals surface area contributed by atoms with E-state index >= 15 is 0 Å². The Kier molecular flexibility index (Phi) is 3.91. The molecule has 0 radical (unpaired) electrons. The summed E-state index contributed by atoms with van der Waals surface area (Å²) in [7, 11) is 0. The summed E-state index contributed by atoms with van der Waals surface area (Å²) in [5.41, 5.74) is 0.337. The highest BCUT2D eigenvalue weighted by atomic mass is 19.3. The van der Waals surface area contributed by atoms with Crippen molar-refractivity contribution < 1.29 is 13.6 Å². The van der Waals surface area contributed by atoms with Crippen molar-refractivity contribution in [2.45, 2.75) is 26.7 Å². The molecule has 1 aliphatic rings. The molecule has 0 aromatic heterocycles. The summed E-state index contributed by atoms with van der Waals surface area (Å²) in [6, 6.07) is 0. The first-order valence-electron chi connectivity index (χ1n) is 5.65. The Labute approximate surface area is 101 Å². The Hall–Kier alpha value is -0.970. The predicted octanol–water partition coefficient (Wildman–Crippen LogP) is 1.66. The Bertz CT molecular complexity index is 313. The summed E-state index contributed by atoms with van der Waals surface area (Å²) < 4.78 is 25.1. The molecule has 3 nitrogen and oxygen atoms in total. The number of hydrogen-bond acceptors (Lipinski definition) is 2. The van der Waals surface area contributed by atoms with Crippen LogP contribution in [0.5, 0.6) is 0 Å². The molecule has 0 saturated carbocycles. The Morgan fingerprint density at radius 2 is 1.94 bits per heavy atom. The first kappa shape index (κ1) is 14.1. The van der Waals surface area contributed by atoms with Gasteiger partial charge in [-0.25, -0.2) is 8.78 Å². The average molecular weight is 246 g/mol. The smallest absolute Gasteiger partial charge is 0.272 e. The maximum absolute atomic E-state index is 12.6. The molecular formula is C12H20F2N2O. The molecule has 1 amide bonds. The normalized spacial score (nSPS) is 19.6. The van der Waals surface area contributed by atoms with Gasteiger partial charge in [0, 0.05) is 18.7 Å². The van der Waals surface area contributed by atoms with E-state index in [4.69, 9.17) is 0 Å². The fraction of sp³-hybridized carbons (Fsp3) is 0.750. The van der Waals surface area contributed by atoms with E-state index in [2.05, 4.69) is 11.9 Å². The van der Waals surface area contributed by atoms with Crippen molar-refractivity contribution in [3.05, 3.63) is 12.2 Å². The van der Waals surface area contributed by atoms with Crippen molar-refractivity contribution >= 4 is 5.91 Å². The highest BCUT2D eigenvalue weighted by molar-refractivity contribution is 5.93. The number of hydrogen-bond donors (Lipinski definition) is 1. The molecule has 98 valence electrons. The van der Waals surface area contributed by atoms with Crippen molar-refractivity contribution in [1.29, 1.82) is 0 Å². The second-order valence-electron chi connectivity index (χ2n) is 5.85. The molecule has 0 aromatic rings. The summed E-state index contributed by atoms with van der Waals surface area (Å²) in [5, 5.41) is 2.74. The molecule has 1 N–H and O–H groups in total. The van der Waals surface area contributed by atoms with Crippen LogP contribution in [0.1, 0.15) is 20.8 Å². The van der Waals surface area contributed by atoms with E-state index in [0.29, 0.717) is 12.1 Å². The summed E-state index contributed by atoms with van der Waals surface area (Å²) in [6.45, 7) is 9.84. The Morgan fingerprint density at radius 3 is 2.35 bits per heavy atom. The molecule has 0 bridgehead atoms. The van der Waals surface area contributed by atoms with Crippen LogP contribution in [-0.2, 0) is 4.79 Å². The van der Waals surface area contributed by atoms with E-state index in [-0.39, 0.29) is 31.0 Å². The molecule has 0 aliphatic carbocycles. The van der Waals surface area contributed by atoms with Crippen molar-refractivity contribution in [3.8, 4) is 0 Å². The third kappa shape index (κ3) is 4.81. The minimum atomic E-state index is -2.60. The first-order valence-corrected chi connectivity index (χ1v) is 5.65. The largest absolute Gasteiger partial charge is 0.352 e. The highest BCUT2D eigenvalue weighted by Crippen LogP contribution is 2.26. The molecule has 1 heterocycles. The molecule has 0 unspecified atom stereocenters. The van der Waals surface area contributed by atoms with E-state index in [1.165, 1.54) is 4.90 Å². The van der Waals surface area contributed by atoms with Gasteiger partial charge in [0.15, 0.2) is 0 Å². The van der Waals surface area contributed by atoms with Crippen molar-refractivity contribution in [2.24, 2.45) is 5.41 Å². The molecule has 5 heteroatoms. The van der Waals surface area contributed by atoms with E-state index in [1.807, 2.05) is 20.8 Å². The van der Waals surface area contributed by atoms with Crippen LogP contribution in [-0.4, -0.2) is 42.9 Å². The molecule has 1 fully saturated rings. The summed E-state index contributed by atoms with van der Waals surface area (Å²) in [5.74, 6) is -2.85. The number of carbonyl (C=O) groups excluding carboxylic acids is 1. The minimum Gasteiger partial charge on any atom is -0.352 e. The van der Waals surface area contributed by atoms with Crippen LogP contribution in [0.2, 0.25) is 0 Å². The number of halogens is 2. The number of likely N-dealkylation sites (tertiary alicyclic amines) is 1. The maximum atomic E-state index is 12.6. The quantitative estimate of drug-likeness (QED) is 0.765. The zero-order valence-electron chi connectivity index (χ0n) is 10.6. The molecule has 0 atom stereocenters. The SMILES string of the molecule is C=C(CN1CC(F)(F)C1)C(=O)NCC(C)(C)C. The van der Waals surface area contributed by atoms with Crippen LogP contribution < -0.4 is 5.32 Å². The second-order valence-corrected chi connectivity index (χ2v) is 5.85. The lowest BCUT2D eigenvalue weighted by Crippen LogP contribution is -2.57. The zero-order valence-corrected chi connectivity index (χ0v) is 10.6. The third-order valence-corrected chi connectivity index (χ3v) is 2.42. The Balaban J connectivity index is 2.27. The lowest BCUT2D eigenvalue weighted by molar-refractivity contribution is -0.130. The molecule has 0 aromatic carbocycles. The molecule has 0 spiro atoms. The summed E-state index contributed by atoms with van der Waals surface area (Å²) in [6.07, 6.45) is 0. The van der Waals surface area contributed by atoms with Gasteiger partial charge in [0.2, 0.25) is 5.91 Å². The average Bonchev–Trinajstić information content (AvgIpc) is 2.09. The third-order valence-electron chi connectivity index (χ3n) is 2.42. The van der Waals surface area contributed by atoms with E-state index in [9.17, 15) is 13.6 Å². The van der Waals surface area contributed by atoms with Crippen LogP contribution in [0.3, 0.4) is 0 Å². The highest BCUT2D eigenvalue weighted by Gasteiger charge is 2.43. The van der Waals surface area contributed by atoms with Crippen molar-refractivity contribution in [2.75, 3.05) is 26.2 Å². The van der Waals surface area contributed by atoms with Crippen molar-refractivity contribution in [3.63, 3.8) is 0 Å². The molecular weight excluding hydrogens is 226 g/mol. The molecule has 1 rings (SSSR count). The predicted molar refractivity (Wildman–Crippen MR) is 63.0 cm³/mol. The topological polar surface area (TPSA) is 32.3 Å². The number of nitrogens with zero attached hydrogens (tertiary/aromatic N) is 1. The van der Waals surface area contributed by atoms with Gasteiger partial charge in [0.25, 0.3) is 5.92 Å². The van der Waals surface area contributed by atoms with Crippen LogP contribution in [0.15, 0.2) is 12.2 Å². The summed E-state index contributed by atoms with van der Waals surface area (Å²) >= 11 is 0. The number of rotatable bonds is 4. The van der Waals surface area contributed by atoms with Gasteiger partial charge in [-0.1, -0.05) is 27.4 Å². The van der Waals surface area contributed by atoms with Gasteiger partial charge in [-0.2, -0.15) is 0 Å². The second kappa shape index (κ2) is 4.72. The van der Waals surface area contributed by atoms with Crippen LogP contribution in [0.25, 0.3) is 0 Å². The fourth-order valence-electron chi connectivity index (χ4n) is 1.53. The van der Waals surface area contributed by atoms with E-state index in [0.717, 1.165) is 0 Å². The number of nitrogens with one attached hydrogen (secondary N) is 1. The number of carbonyl (C=O) groups is 1. The summed E-state index contributed by atoms with van der Waals surface area (Å²) in [4.78, 5) is 13.1. The lowest BCUT2D eigenvalue weighted by Gasteiger charge is -2.38. The van der Waals surface area contributed by atoms with Gasteiger partial charge in [0.05, 0.1) is 13.1 Å². The minimum absolute atomic E-state index is 0.000271. The number of amides is 1. The van der Waals surface area contributed by atoms with Crippen LogP contribution in [0, 0.1) is 5.41 Å². The fourth-order valence-corrected chi connectivity index (χ4v) is 1.53. The van der Waals surface area contributed by atoms with Gasteiger partial charge in [-0.3, -0.25) is 9.69 Å². The van der Waals surface area contributed by atoms with Crippen LogP contribution >= 0.6 is 0 Å². The molecule has 17 heavy (non-hydrogen) atoms. The monoisotopic (exact) mass is 246 g/mol. The lowest BCUT2D eigenvalue weighted by atomic mass is 9.97. The van der Waals surface area contributed by atoms with E-state index in [1.54, 1.807) is 0 Å². The maximum Gasteiger partial charge on any atom is 0.272 e. The van der Waals surface area contributed by atoms with Gasteiger partial charge in [0.1, 0.15) is 0 Å². The Morgan fingerprint density at radius 1 is 1.41 bits per heavy atom.